The number of rotatable bonds is 6. The summed E-state index contributed by atoms with van der Waals surface area (Å²) in [5.74, 6) is -0.135. The first-order valence-corrected chi connectivity index (χ1v) is 6.49. The lowest BCUT2D eigenvalue weighted by Gasteiger charge is -2.21. The van der Waals surface area contributed by atoms with Crippen molar-refractivity contribution in [2.45, 2.75) is 19.9 Å². The van der Waals surface area contributed by atoms with Crippen molar-refractivity contribution in [1.29, 1.82) is 0 Å². The van der Waals surface area contributed by atoms with Crippen LogP contribution in [0.15, 0.2) is 27.8 Å². The van der Waals surface area contributed by atoms with Crippen molar-refractivity contribution >= 4 is 21.8 Å². The minimum Gasteiger partial charge on any atom is -0.409 e. The zero-order chi connectivity index (χ0) is 13.5. The molecule has 0 bridgehead atoms. The summed E-state index contributed by atoms with van der Waals surface area (Å²) < 4.78 is 13.9. The summed E-state index contributed by atoms with van der Waals surface area (Å²) in [6.45, 7) is 3.73. The highest BCUT2D eigenvalue weighted by molar-refractivity contribution is 9.10. The van der Waals surface area contributed by atoms with Crippen LogP contribution >= 0.6 is 15.9 Å². The summed E-state index contributed by atoms with van der Waals surface area (Å²) in [4.78, 5) is 1.99. The zero-order valence-electron chi connectivity index (χ0n) is 10.2. The van der Waals surface area contributed by atoms with Gasteiger partial charge in [0.1, 0.15) is 5.82 Å². The zero-order valence-corrected chi connectivity index (χ0v) is 11.8. The normalized spacial score (nSPS) is 12.1. The molecule has 100 valence electrons. The predicted octanol–water partition coefficient (Wildman–Crippen LogP) is 2.55. The lowest BCUT2D eigenvalue weighted by molar-refractivity contribution is 0.285. The molecule has 4 nitrogen and oxygen atoms in total. The minimum atomic E-state index is -0.284. The highest BCUT2D eigenvalue weighted by Crippen LogP contribution is 2.21. The molecule has 0 aromatic heterocycles. The first kappa shape index (κ1) is 14.9. The van der Waals surface area contributed by atoms with E-state index in [0.29, 0.717) is 17.6 Å². The van der Waals surface area contributed by atoms with Gasteiger partial charge in [-0.1, -0.05) is 24.2 Å². The van der Waals surface area contributed by atoms with E-state index in [4.69, 9.17) is 10.9 Å². The Morgan fingerprint density at radius 1 is 1.56 bits per heavy atom. The summed E-state index contributed by atoms with van der Waals surface area (Å²) in [6, 6.07) is 4.92. The molecule has 0 radical (unpaired) electrons. The van der Waals surface area contributed by atoms with Gasteiger partial charge < -0.3 is 10.9 Å². The summed E-state index contributed by atoms with van der Waals surface area (Å²) in [5, 5.41) is 11.5. The summed E-state index contributed by atoms with van der Waals surface area (Å²) in [5.41, 5.74) is 6.34. The Hall–Kier alpha value is -1.14. The number of halogens is 2. The highest BCUT2D eigenvalue weighted by atomic mass is 79.9. The van der Waals surface area contributed by atoms with Gasteiger partial charge in [-0.05, 0) is 40.5 Å². The van der Waals surface area contributed by atoms with Crippen LogP contribution in [0.1, 0.15) is 18.9 Å². The molecule has 0 saturated carbocycles. The molecular formula is C12H17BrFN3O. The number of hydrogen-bond acceptors (Lipinski definition) is 3. The van der Waals surface area contributed by atoms with Crippen molar-refractivity contribution in [2.75, 3.05) is 13.1 Å². The number of oxime groups is 1. The maximum atomic E-state index is 13.4. The number of amidine groups is 1. The third-order valence-corrected chi connectivity index (χ3v) is 3.37. The summed E-state index contributed by atoms with van der Waals surface area (Å²) >= 11 is 3.23. The van der Waals surface area contributed by atoms with Crippen LogP contribution in [0.5, 0.6) is 0 Å². The average molecular weight is 318 g/mol. The monoisotopic (exact) mass is 317 g/mol. The van der Waals surface area contributed by atoms with Gasteiger partial charge in [0, 0.05) is 6.54 Å². The van der Waals surface area contributed by atoms with Crippen molar-refractivity contribution < 1.29 is 9.60 Å². The molecule has 1 aromatic rings. The van der Waals surface area contributed by atoms with Gasteiger partial charge in [0.25, 0.3) is 0 Å². The molecule has 0 amide bonds. The van der Waals surface area contributed by atoms with Gasteiger partial charge in [-0.3, -0.25) is 4.90 Å². The van der Waals surface area contributed by atoms with Crippen LogP contribution in [-0.4, -0.2) is 29.0 Å². The molecule has 0 unspecified atom stereocenters. The largest absolute Gasteiger partial charge is 0.409 e. The predicted molar refractivity (Wildman–Crippen MR) is 73.1 cm³/mol. The van der Waals surface area contributed by atoms with Crippen LogP contribution in [0.2, 0.25) is 0 Å². The van der Waals surface area contributed by atoms with E-state index in [1.165, 1.54) is 6.07 Å². The fraction of sp³-hybridized carbons (Fsp3) is 0.417. The number of benzene rings is 1. The van der Waals surface area contributed by atoms with E-state index < -0.39 is 0 Å². The van der Waals surface area contributed by atoms with Crippen molar-refractivity contribution in [1.82, 2.24) is 4.90 Å². The molecule has 0 fully saturated rings. The molecule has 1 aromatic carbocycles. The Labute approximate surface area is 114 Å². The lowest BCUT2D eigenvalue weighted by atomic mass is 10.2. The van der Waals surface area contributed by atoms with Gasteiger partial charge in [0.05, 0.1) is 11.0 Å². The Kier molecular flexibility index (Phi) is 6.07. The molecule has 0 saturated heterocycles. The number of hydrogen-bond donors (Lipinski definition) is 2. The van der Waals surface area contributed by atoms with Gasteiger partial charge in [0.15, 0.2) is 5.84 Å². The van der Waals surface area contributed by atoms with Crippen LogP contribution < -0.4 is 5.73 Å². The standard InChI is InChI=1S/C12H17BrFN3O/c1-2-6-17(8-11(15)16-18)7-9-4-3-5-10(14)12(9)13/h3-5,18H,2,6-8H2,1H3,(H2,15,16). The smallest absolute Gasteiger partial charge is 0.153 e. The van der Waals surface area contributed by atoms with Crippen LogP contribution in [0, 0.1) is 5.82 Å². The van der Waals surface area contributed by atoms with Crippen LogP contribution in [-0.2, 0) is 6.54 Å². The van der Waals surface area contributed by atoms with Crippen molar-refractivity contribution in [3.63, 3.8) is 0 Å². The van der Waals surface area contributed by atoms with Gasteiger partial charge in [0.2, 0.25) is 0 Å². The average Bonchev–Trinajstić information content (AvgIpc) is 2.35. The Bertz CT molecular complexity index is 426. The highest BCUT2D eigenvalue weighted by Gasteiger charge is 2.11. The molecule has 18 heavy (non-hydrogen) atoms. The fourth-order valence-corrected chi connectivity index (χ4v) is 2.09. The third-order valence-electron chi connectivity index (χ3n) is 2.48. The van der Waals surface area contributed by atoms with E-state index in [-0.39, 0.29) is 11.7 Å². The van der Waals surface area contributed by atoms with E-state index in [1.54, 1.807) is 6.07 Å². The molecule has 0 aliphatic heterocycles. The van der Waals surface area contributed by atoms with Gasteiger partial charge in [-0.15, -0.1) is 0 Å². The molecule has 0 aliphatic carbocycles. The maximum Gasteiger partial charge on any atom is 0.153 e. The van der Waals surface area contributed by atoms with Crippen LogP contribution in [0.3, 0.4) is 0 Å². The first-order chi connectivity index (χ1) is 8.58. The van der Waals surface area contributed by atoms with E-state index >= 15 is 0 Å². The lowest BCUT2D eigenvalue weighted by Crippen LogP contribution is -2.34. The molecule has 0 heterocycles. The Morgan fingerprint density at radius 3 is 2.89 bits per heavy atom. The second-order valence-electron chi connectivity index (χ2n) is 4.01. The van der Waals surface area contributed by atoms with Crippen molar-refractivity contribution in [2.24, 2.45) is 10.9 Å². The molecule has 3 N–H and O–H groups in total. The number of nitrogens with two attached hydrogens (primary N) is 1. The Morgan fingerprint density at radius 2 is 2.28 bits per heavy atom. The third kappa shape index (κ3) is 4.27. The molecule has 0 aliphatic rings. The first-order valence-electron chi connectivity index (χ1n) is 5.70. The molecular weight excluding hydrogens is 301 g/mol. The Balaban J connectivity index is 2.79. The fourth-order valence-electron chi connectivity index (χ4n) is 1.70. The van der Waals surface area contributed by atoms with E-state index in [0.717, 1.165) is 18.5 Å². The molecule has 1 rings (SSSR count). The molecule has 0 atom stereocenters. The van der Waals surface area contributed by atoms with Crippen LogP contribution in [0.25, 0.3) is 0 Å². The molecule has 6 heteroatoms. The number of nitrogens with zero attached hydrogens (tertiary/aromatic N) is 2. The minimum absolute atomic E-state index is 0.149. The van der Waals surface area contributed by atoms with Gasteiger partial charge in [-0.25, -0.2) is 4.39 Å². The van der Waals surface area contributed by atoms with Crippen LogP contribution in [0.4, 0.5) is 4.39 Å². The van der Waals surface area contributed by atoms with Gasteiger partial charge >= 0.3 is 0 Å². The van der Waals surface area contributed by atoms with Crippen molar-refractivity contribution in [3.05, 3.63) is 34.1 Å². The molecule has 0 spiro atoms. The maximum absolute atomic E-state index is 13.4. The topological polar surface area (TPSA) is 61.8 Å². The van der Waals surface area contributed by atoms with E-state index in [1.807, 2.05) is 17.9 Å². The van der Waals surface area contributed by atoms with E-state index in [9.17, 15) is 4.39 Å². The second kappa shape index (κ2) is 7.33. The summed E-state index contributed by atoms with van der Waals surface area (Å²) in [7, 11) is 0. The SMILES string of the molecule is CCCN(C/C(N)=N/O)Cc1cccc(F)c1Br. The van der Waals surface area contributed by atoms with Crippen molar-refractivity contribution in [3.8, 4) is 0 Å². The second-order valence-corrected chi connectivity index (χ2v) is 4.81. The van der Waals surface area contributed by atoms with Gasteiger partial charge in [-0.2, -0.15) is 0 Å². The van der Waals surface area contributed by atoms with E-state index in [2.05, 4.69) is 21.1 Å². The quantitative estimate of drug-likeness (QED) is 0.367. The summed E-state index contributed by atoms with van der Waals surface area (Å²) in [6.07, 6.45) is 0.936.